The Morgan fingerprint density at radius 3 is 2.54 bits per heavy atom. The molecule has 26 heavy (non-hydrogen) atoms. The predicted molar refractivity (Wildman–Crippen MR) is 87.5 cm³/mol. The number of pyridine rings is 1. The van der Waals surface area contributed by atoms with Crippen LogP contribution in [0.15, 0.2) is 12.3 Å². The molecular weight excluding hydrogens is 351 g/mol. The van der Waals surface area contributed by atoms with Crippen LogP contribution in [0, 0.1) is 13.8 Å². The normalized spacial score (nSPS) is 11.3. The highest BCUT2D eigenvalue weighted by Gasteiger charge is 2.35. The predicted octanol–water partition coefficient (Wildman–Crippen LogP) is 2.46. The molecular formula is C16H20F3N5O2. The molecule has 0 atom stereocenters. The Balaban J connectivity index is 2.00. The number of halogens is 3. The van der Waals surface area contributed by atoms with Crippen molar-refractivity contribution in [1.82, 2.24) is 25.4 Å². The lowest BCUT2D eigenvalue weighted by Gasteiger charge is -2.14. The third-order valence-electron chi connectivity index (χ3n) is 3.84. The van der Waals surface area contributed by atoms with Gasteiger partial charge >= 0.3 is 12.2 Å². The van der Waals surface area contributed by atoms with E-state index in [2.05, 4.69) is 20.7 Å². The number of rotatable bonds is 5. The number of aromatic nitrogens is 3. The fraction of sp³-hybridized carbons (Fsp3) is 0.438. The minimum atomic E-state index is -4.53. The van der Waals surface area contributed by atoms with E-state index in [1.807, 2.05) is 19.9 Å². The number of alkyl halides is 3. The lowest BCUT2D eigenvalue weighted by Crippen LogP contribution is -2.35. The Kier molecular flexibility index (Phi) is 5.73. The van der Waals surface area contributed by atoms with Gasteiger partial charge in [-0.1, -0.05) is 0 Å². The summed E-state index contributed by atoms with van der Waals surface area (Å²) in [5.74, 6) is 0.397. The first-order chi connectivity index (χ1) is 12.1. The zero-order chi connectivity index (χ0) is 19.5. The van der Waals surface area contributed by atoms with E-state index in [0.717, 1.165) is 22.1 Å². The van der Waals surface area contributed by atoms with Crippen molar-refractivity contribution in [2.45, 2.75) is 33.1 Å². The zero-order valence-corrected chi connectivity index (χ0v) is 14.9. The first-order valence-electron chi connectivity index (χ1n) is 7.74. The smallest absolute Gasteiger partial charge is 0.419 e. The molecule has 0 aliphatic heterocycles. The van der Waals surface area contributed by atoms with Crippen molar-refractivity contribution in [3.8, 4) is 5.88 Å². The van der Waals surface area contributed by atoms with Gasteiger partial charge in [0.2, 0.25) is 5.88 Å². The van der Waals surface area contributed by atoms with Crippen LogP contribution >= 0.6 is 0 Å². The molecule has 0 spiro atoms. The van der Waals surface area contributed by atoms with Crippen LogP contribution in [0.5, 0.6) is 5.88 Å². The van der Waals surface area contributed by atoms with E-state index < -0.39 is 17.8 Å². The molecule has 0 radical (unpaired) electrons. The molecule has 0 aromatic carbocycles. The number of methoxy groups -OCH3 is 1. The highest BCUT2D eigenvalue weighted by Crippen LogP contribution is 2.31. The van der Waals surface area contributed by atoms with E-state index >= 15 is 0 Å². The van der Waals surface area contributed by atoms with E-state index in [4.69, 9.17) is 4.74 Å². The van der Waals surface area contributed by atoms with Gasteiger partial charge in [-0.05, 0) is 25.5 Å². The number of hydrogen-bond donors (Lipinski definition) is 2. The van der Waals surface area contributed by atoms with E-state index in [0.29, 0.717) is 11.4 Å². The number of hydrogen-bond acceptors (Lipinski definition) is 4. The van der Waals surface area contributed by atoms with E-state index in [9.17, 15) is 18.0 Å². The molecule has 2 rings (SSSR count). The number of carbonyl (C=O) groups is 1. The summed E-state index contributed by atoms with van der Waals surface area (Å²) < 4.78 is 45.0. The highest BCUT2D eigenvalue weighted by atomic mass is 19.4. The maximum Gasteiger partial charge on any atom is 0.419 e. The second kappa shape index (κ2) is 7.63. The fourth-order valence-corrected chi connectivity index (χ4v) is 2.52. The van der Waals surface area contributed by atoms with Gasteiger partial charge < -0.3 is 15.4 Å². The van der Waals surface area contributed by atoms with E-state index in [1.54, 1.807) is 0 Å². The molecule has 10 heteroatoms. The molecule has 0 saturated carbocycles. The van der Waals surface area contributed by atoms with Crippen LogP contribution < -0.4 is 15.4 Å². The van der Waals surface area contributed by atoms with Gasteiger partial charge in [0.15, 0.2) is 0 Å². The Hall–Kier alpha value is -2.78. The maximum absolute atomic E-state index is 12.9. The summed E-state index contributed by atoms with van der Waals surface area (Å²) >= 11 is 0. The van der Waals surface area contributed by atoms with Gasteiger partial charge in [-0.2, -0.15) is 18.3 Å². The van der Waals surface area contributed by atoms with Crippen molar-refractivity contribution in [2.75, 3.05) is 7.11 Å². The van der Waals surface area contributed by atoms with Crippen LogP contribution in [-0.4, -0.2) is 27.9 Å². The molecule has 142 valence electrons. The number of nitrogens with one attached hydrogen (secondary N) is 2. The Bertz CT molecular complexity index is 802. The van der Waals surface area contributed by atoms with Crippen molar-refractivity contribution < 1.29 is 22.7 Å². The van der Waals surface area contributed by atoms with Crippen LogP contribution in [0.3, 0.4) is 0 Å². The van der Waals surface area contributed by atoms with Crippen molar-refractivity contribution in [3.05, 3.63) is 40.3 Å². The van der Waals surface area contributed by atoms with Gasteiger partial charge in [-0.15, -0.1) is 0 Å². The average molecular weight is 371 g/mol. The quantitative estimate of drug-likeness (QED) is 0.846. The van der Waals surface area contributed by atoms with Crippen molar-refractivity contribution >= 4 is 6.03 Å². The van der Waals surface area contributed by atoms with Crippen molar-refractivity contribution in [2.24, 2.45) is 7.05 Å². The van der Waals surface area contributed by atoms with Crippen molar-refractivity contribution in [1.29, 1.82) is 0 Å². The zero-order valence-electron chi connectivity index (χ0n) is 14.9. The number of urea groups is 1. The summed E-state index contributed by atoms with van der Waals surface area (Å²) in [5, 5.41) is 8.60. The summed E-state index contributed by atoms with van der Waals surface area (Å²) in [6.45, 7) is 3.51. The average Bonchev–Trinajstić information content (AvgIpc) is 2.92. The highest BCUT2D eigenvalue weighted by molar-refractivity contribution is 5.74. The third-order valence-corrected chi connectivity index (χ3v) is 3.84. The topological polar surface area (TPSA) is 81.1 Å². The van der Waals surface area contributed by atoms with E-state index in [-0.39, 0.29) is 18.8 Å². The molecule has 2 aromatic rings. The first kappa shape index (κ1) is 19.5. The molecule has 2 amide bonds. The number of ether oxygens (including phenoxy) is 1. The van der Waals surface area contributed by atoms with Crippen LogP contribution in [0.2, 0.25) is 0 Å². The van der Waals surface area contributed by atoms with E-state index in [1.165, 1.54) is 14.2 Å². The summed E-state index contributed by atoms with van der Waals surface area (Å²) in [6.07, 6.45) is -3.79. The molecule has 0 unspecified atom stereocenters. The standard InChI is InChI=1S/C16H20F3N5O2/c1-9-5-10(2)23-14(26-4)11(9)6-20-15(25)21-8-13-12(16(17,18)19)7-22-24(13)3/h5,7H,6,8H2,1-4H3,(H2,20,21,25). The van der Waals surface area contributed by atoms with Gasteiger partial charge in [-0.25, -0.2) is 9.78 Å². The van der Waals surface area contributed by atoms with Crippen LogP contribution in [0.25, 0.3) is 0 Å². The number of aryl methyl sites for hydroxylation is 3. The van der Waals surface area contributed by atoms with Gasteiger partial charge in [0, 0.05) is 18.3 Å². The van der Waals surface area contributed by atoms with Crippen LogP contribution in [0.4, 0.5) is 18.0 Å². The molecule has 2 aromatic heterocycles. The van der Waals surface area contributed by atoms with Gasteiger partial charge in [-0.3, -0.25) is 4.68 Å². The number of amides is 2. The second-order valence-corrected chi connectivity index (χ2v) is 5.73. The maximum atomic E-state index is 12.9. The van der Waals surface area contributed by atoms with Crippen LogP contribution in [-0.2, 0) is 26.3 Å². The Labute approximate surface area is 148 Å². The Morgan fingerprint density at radius 2 is 1.92 bits per heavy atom. The first-order valence-corrected chi connectivity index (χ1v) is 7.74. The van der Waals surface area contributed by atoms with Gasteiger partial charge in [0.25, 0.3) is 0 Å². The lowest BCUT2D eigenvalue weighted by molar-refractivity contribution is -0.138. The van der Waals surface area contributed by atoms with Crippen molar-refractivity contribution in [3.63, 3.8) is 0 Å². The fourth-order valence-electron chi connectivity index (χ4n) is 2.52. The molecule has 0 fully saturated rings. The summed E-state index contributed by atoms with van der Waals surface area (Å²) in [6, 6.07) is 1.24. The van der Waals surface area contributed by atoms with Gasteiger partial charge in [0.05, 0.1) is 37.7 Å². The molecule has 7 nitrogen and oxygen atoms in total. The molecule has 0 aliphatic rings. The lowest BCUT2D eigenvalue weighted by atomic mass is 10.1. The minimum Gasteiger partial charge on any atom is -0.481 e. The second-order valence-electron chi connectivity index (χ2n) is 5.73. The minimum absolute atomic E-state index is 0.126. The summed E-state index contributed by atoms with van der Waals surface area (Å²) in [7, 11) is 2.86. The largest absolute Gasteiger partial charge is 0.481 e. The number of nitrogens with zero attached hydrogens (tertiary/aromatic N) is 3. The molecule has 0 aliphatic carbocycles. The molecule has 0 bridgehead atoms. The van der Waals surface area contributed by atoms with Gasteiger partial charge in [0.1, 0.15) is 0 Å². The third kappa shape index (κ3) is 4.44. The molecule has 2 N–H and O–H groups in total. The molecule has 2 heterocycles. The summed E-state index contributed by atoms with van der Waals surface area (Å²) in [4.78, 5) is 16.2. The molecule has 0 saturated heterocycles. The Morgan fingerprint density at radius 1 is 1.27 bits per heavy atom. The summed E-state index contributed by atoms with van der Waals surface area (Å²) in [5.41, 5.74) is 1.37. The SMILES string of the molecule is COc1nc(C)cc(C)c1CNC(=O)NCc1c(C(F)(F)F)cnn1C. The van der Waals surface area contributed by atoms with Crippen LogP contribution in [0.1, 0.15) is 28.1 Å². The monoisotopic (exact) mass is 371 g/mol. The number of carbonyl (C=O) groups excluding carboxylic acids is 1.